The van der Waals surface area contributed by atoms with Gasteiger partial charge in [-0.15, -0.1) is 0 Å². The quantitative estimate of drug-likeness (QED) is 0.294. The molecule has 0 bridgehead atoms. The van der Waals surface area contributed by atoms with Crippen LogP contribution in [0.3, 0.4) is 0 Å². The van der Waals surface area contributed by atoms with Crippen molar-refractivity contribution in [1.82, 2.24) is 0 Å². The van der Waals surface area contributed by atoms with E-state index >= 15 is 0 Å². The fourth-order valence-electron chi connectivity index (χ4n) is 2.32. The minimum atomic E-state index is -0.642. The summed E-state index contributed by atoms with van der Waals surface area (Å²) in [5, 5.41) is 9.07. The Labute approximate surface area is 142 Å². The SMILES string of the molecule is CC/C=C\C/C=C\C/C=C\C/C=C\CCCC(CCC)C(=O)O. The van der Waals surface area contributed by atoms with Crippen LogP contribution in [-0.4, -0.2) is 11.1 Å². The maximum atomic E-state index is 11.0. The van der Waals surface area contributed by atoms with Gasteiger partial charge in [-0.2, -0.15) is 0 Å². The van der Waals surface area contributed by atoms with Gasteiger partial charge < -0.3 is 5.11 Å². The smallest absolute Gasteiger partial charge is 0.306 e. The van der Waals surface area contributed by atoms with Crippen LogP contribution in [0.5, 0.6) is 0 Å². The highest BCUT2D eigenvalue weighted by Gasteiger charge is 2.14. The van der Waals surface area contributed by atoms with E-state index in [-0.39, 0.29) is 5.92 Å². The molecular weight excluding hydrogens is 284 g/mol. The fourth-order valence-corrected chi connectivity index (χ4v) is 2.32. The van der Waals surface area contributed by atoms with Crippen molar-refractivity contribution in [3.63, 3.8) is 0 Å². The van der Waals surface area contributed by atoms with Crippen molar-refractivity contribution in [2.75, 3.05) is 0 Å². The number of carboxylic acid groups (broad SMARTS) is 1. The zero-order valence-electron chi connectivity index (χ0n) is 14.9. The highest BCUT2D eigenvalue weighted by Crippen LogP contribution is 2.15. The highest BCUT2D eigenvalue weighted by atomic mass is 16.4. The summed E-state index contributed by atoms with van der Waals surface area (Å²) < 4.78 is 0. The summed E-state index contributed by atoms with van der Waals surface area (Å²) in [5.41, 5.74) is 0. The van der Waals surface area contributed by atoms with Gasteiger partial charge in [-0.05, 0) is 51.4 Å². The van der Waals surface area contributed by atoms with Gasteiger partial charge in [0, 0.05) is 0 Å². The van der Waals surface area contributed by atoms with E-state index in [2.05, 4.69) is 55.5 Å². The first-order valence-electron chi connectivity index (χ1n) is 9.05. The Hall–Kier alpha value is -1.57. The number of rotatable bonds is 14. The summed E-state index contributed by atoms with van der Waals surface area (Å²) in [6.07, 6.45) is 26.0. The Morgan fingerprint density at radius 1 is 0.826 bits per heavy atom. The van der Waals surface area contributed by atoms with Crippen LogP contribution >= 0.6 is 0 Å². The molecule has 0 spiro atoms. The van der Waals surface area contributed by atoms with Crippen LogP contribution in [0.25, 0.3) is 0 Å². The Morgan fingerprint density at radius 3 is 1.83 bits per heavy atom. The summed E-state index contributed by atoms with van der Waals surface area (Å²) >= 11 is 0. The van der Waals surface area contributed by atoms with Crippen molar-refractivity contribution in [2.24, 2.45) is 5.92 Å². The monoisotopic (exact) mass is 318 g/mol. The second-order valence-corrected chi connectivity index (χ2v) is 5.76. The van der Waals surface area contributed by atoms with Crippen molar-refractivity contribution < 1.29 is 9.90 Å². The Morgan fingerprint density at radius 2 is 1.35 bits per heavy atom. The van der Waals surface area contributed by atoms with Crippen molar-refractivity contribution >= 4 is 5.97 Å². The van der Waals surface area contributed by atoms with Gasteiger partial charge in [0.25, 0.3) is 0 Å². The van der Waals surface area contributed by atoms with Crippen molar-refractivity contribution in [3.8, 4) is 0 Å². The van der Waals surface area contributed by atoms with Crippen LogP contribution in [0, 0.1) is 5.92 Å². The molecule has 1 unspecified atom stereocenters. The molecule has 1 N–H and O–H groups in total. The van der Waals surface area contributed by atoms with Gasteiger partial charge in [-0.3, -0.25) is 4.79 Å². The molecule has 0 aromatic rings. The lowest BCUT2D eigenvalue weighted by atomic mass is 9.97. The molecule has 0 amide bonds. The van der Waals surface area contributed by atoms with E-state index in [4.69, 9.17) is 5.11 Å². The molecule has 130 valence electrons. The summed E-state index contributed by atoms with van der Waals surface area (Å²) in [4.78, 5) is 11.0. The van der Waals surface area contributed by atoms with Crippen LogP contribution in [0.15, 0.2) is 48.6 Å². The number of carbonyl (C=O) groups is 1. The number of unbranched alkanes of at least 4 members (excludes halogenated alkanes) is 1. The minimum absolute atomic E-state index is 0.160. The second kappa shape index (κ2) is 16.8. The molecule has 23 heavy (non-hydrogen) atoms. The van der Waals surface area contributed by atoms with E-state index in [0.29, 0.717) is 0 Å². The summed E-state index contributed by atoms with van der Waals surface area (Å²) in [5.74, 6) is -0.802. The van der Waals surface area contributed by atoms with Crippen molar-refractivity contribution in [1.29, 1.82) is 0 Å². The number of aliphatic carboxylic acids is 1. The topological polar surface area (TPSA) is 37.3 Å². The number of carboxylic acids is 1. The van der Waals surface area contributed by atoms with Crippen LogP contribution in [0.1, 0.15) is 71.6 Å². The first kappa shape index (κ1) is 21.4. The van der Waals surface area contributed by atoms with Gasteiger partial charge in [-0.25, -0.2) is 0 Å². The van der Waals surface area contributed by atoms with Crippen molar-refractivity contribution in [3.05, 3.63) is 48.6 Å². The molecule has 0 aliphatic carbocycles. The van der Waals surface area contributed by atoms with E-state index in [1.54, 1.807) is 0 Å². The van der Waals surface area contributed by atoms with Gasteiger partial charge in [-0.1, -0.05) is 68.9 Å². The molecule has 0 heterocycles. The lowest BCUT2D eigenvalue weighted by molar-refractivity contribution is -0.142. The predicted molar refractivity (Wildman–Crippen MR) is 101 cm³/mol. The van der Waals surface area contributed by atoms with E-state index < -0.39 is 5.97 Å². The summed E-state index contributed by atoms with van der Waals surface area (Å²) in [6.45, 7) is 4.19. The molecule has 1 atom stereocenters. The third-order valence-electron chi connectivity index (χ3n) is 3.63. The van der Waals surface area contributed by atoms with E-state index in [9.17, 15) is 4.79 Å². The molecule has 0 aromatic carbocycles. The summed E-state index contributed by atoms with van der Waals surface area (Å²) in [6, 6.07) is 0. The summed E-state index contributed by atoms with van der Waals surface area (Å²) in [7, 11) is 0. The van der Waals surface area contributed by atoms with E-state index in [1.165, 1.54) is 0 Å². The largest absolute Gasteiger partial charge is 0.481 e. The third-order valence-corrected chi connectivity index (χ3v) is 3.63. The molecule has 2 nitrogen and oxygen atoms in total. The Kier molecular flexibility index (Phi) is 15.6. The van der Waals surface area contributed by atoms with E-state index in [1.807, 2.05) is 6.92 Å². The average molecular weight is 319 g/mol. The second-order valence-electron chi connectivity index (χ2n) is 5.76. The van der Waals surface area contributed by atoms with Crippen LogP contribution in [0.4, 0.5) is 0 Å². The number of allylic oxidation sites excluding steroid dienone is 8. The highest BCUT2D eigenvalue weighted by molar-refractivity contribution is 5.69. The first-order valence-corrected chi connectivity index (χ1v) is 9.05. The number of hydrogen-bond acceptors (Lipinski definition) is 1. The van der Waals surface area contributed by atoms with Crippen LogP contribution < -0.4 is 0 Å². The maximum Gasteiger partial charge on any atom is 0.306 e. The maximum absolute atomic E-state index is 11.0. The average Bonchev–Trinajstić information content (AvgIpc) is 2.54. The minimum Gasteiger partial charge on any atom is -0.481 e. The first-order chi connectivity index (χ1) is 11.2. The standard InChI is InChI=1S/C21H34O2/c1-3-5-6-7-8-9-10-11-12-13-14-15-16-17-19-20(18-4-2)21(22)23/h5-6,8-9,11-12,14-15,20H,3-4,7,10,13,16-19H2,1-2H3,(H,22,23)/b6-5-,9-8-,12-11-,15-14-. The molecule has 0 fully saturated rings. The van der Waals surface area contributed by atoms with Gasteiger partial charge in [0.2, 0.25) is 0 Å². The van der Waals surface area contributed by atoms with Crippen LogP contribution in [0.2, 0.25) is 0 Å². The molecule has 0 aromatic heterocycles. The number of hydrogen-bond donors (Lipinski definition) is 1. The fraction of sp³-hybridized carbons (Fsp3) is 0.571. The van der Waals surface area contributed by atoms with Gasteiger partial charge in [0.05, 0.1) is 5.92 Å². The Bertz CT molecular complexity index is 389. The molecule has 0 rings (SSSR count). The van der Waals surface area contributed by atoms with Crippen LogP contribution in [-0.2, 0) is 4.79 Å². The van der Waals surface area contributed by atoms with Gasteiger partial charge >= 0.3 is 5.97 Å². The molecule has 0 aliphatic rings. The predicted octanol–water partition coefficient (Wildman–Crippen LogP) is 6.46. The zero-order chi connectivity index (χ0) is 17.2. The lowest BCUT2D eigenvalue weighted by Gasteiger charge is -2.09. The molecular formula is C21H34O2. The molecule has 0 saturated carbocycles. The Balaban J connectivity index is 3.61. The third kappa shape index (κ3) is 15.1. The molecule has 0 radical (unpaired) electrons. The molecule has 0 aliphatic heterocycles. The normalized spacial score (nSPS) is 13.8. The van der Waals surface area contributed by atoms with Gasteiger partial charge in [0.15, 0.2) is 0 Å². The zero-order valence-corrected chi connectivity index (χ0v) is 14.9. The van der Waals surface area contributed by atoms with Gasteiger partial charge in [0.1, 0.15) is 0 Å². The van der Waals surface area contributed by atoms with Crippen molar-refractivity contribution in [2.45, 2.75) is 71.6 Å². The van der Waals surface area contributed by atoms with E-state index in [0.717, 1.165) is 57.8 Å². The molecule has 0 saturated heterocycles. The molecule has 2 heteroatoms. The lowest BCUT2D eigenvalue weighted by Crippen LogP contribution is -2.13.